The maximum atomic E-state index is 5.69. The molecule has 0 aliphatic rings. The van der Waals surface area contributed by atoms with Gasteiger partial charge in [0.1, 0.15) is 5.75 Å². The number of benzene rings is 1. The first-order valence-electron chi connectivity index (χ1n) is 8.58. The van der Waals surface area contributed by atoms with Crippen LogP contribution in [0.4, 0.5) is 0 Å². The highest BCUT2D eigenvalue weighted by Gasteiger charge is 1.98. The molecule has 0 aliphatic carbocycles. The third-order valence-electron chi connectivity index (χ3n) is 3.74. The van der Waals surface area contributed by atoms with Crippen molar-refractivity contribution in [1.29, 1.82) is 0 Å². The Morgan fingerprint density at radius 2 is 1.77 bits per heavy atom. The highest BCUT2D eigenvalue weighted by atomic mass is 127. The molecule has 144 valence electrons. The molecule has 1 aromatic carbocycles. The zero-order chi connectivity index (χ0) is 17.7. The second-order valence-electron chi connectivity index (χ2n) is 5.60. The van der Waals surface area contributed by atoms with E-state index < -0.39 is 0 Å². The van der Waals surface area contributed by atoms with Crippen molar-refractivity contribution in [3.05, 3.63) is 54.4 Å². The Labute approximate surface area is 173 Å². The van der Waals surface area contributed by atoms with Crippen LogP contribution in [0, 0.1) is 0 Å². The van der Waals surface area contributed by atoms with Crippen LogP contribution in [0.25, 0.3) is 0 Å². The Bertz CT molecular complexity index is 615. The molecule has 0 amide bonds. The Hall–Kier alpha value is -1.74. The smallest absolute Gasteiger partial charge is 0.191 e. The van der Waals surface area contributed by atoms with Gasteiger partial charge in [-0.1, -0.05) is 12.1 Å². The van der Waals surface area contributed by atoms with Crippen molar-refractivity contribution in [2.45, 2.75) is 19.6 Å². The largest absolute Gasteiger partial charge is 0.497 e. The van der Waals surface area contributed by atoms with Gasteiger partial charge in [-0.25, -0.2) is 0 Å². The average molecular weight is 472 g/mol. The molecule has 2 aromatic rings. The molecular formula is C19H29IN4O2. The van der Waals surface area contributed by atoms with E-state index in [4.69, 9.17) is 9.47 Å². The molecule has 0 saturated heterocycles. The molecule has 0 bridgehead atoms. The summed E-state index contributed by atoms with van der Waals surface area (Å²) in [4.78, 5) is 4.22. The van der Waals surface area contributed by atoms with Crippen LogP contribution in [0.5, 0.6) is 5.75 Å². The molecule has 1 heterocycles. The first-order valence-corrected chi connectivity index (χ1v) is 8.58. The standard InChI is InChI=1S/C19H28N4O2.HI/c1-20-19(22-11-14-23-12-3-4-13-23)21-10-5-15-25-16-17-6-8-18(24-2)9-7-17;/h3-4,6-9,12-13H,5,10-11,14-16H2,1-2H3,(H2,20,21,22);1H. The molecule has 0 radical (unpaired) electrons. The number of guanidine groups is 1. The van der Waals surface area contributed by atoms with Gasteiger partial charge in [0.25, 0.3) is 0 Å². The van der Waals surface area contributed by atoms with Crippen molar-refractivity contribution >= 4 is 29.9 Å². The van der Waals surface area contributed by atoms with E-state index in [0.29, 0.717) is 13.2 Å². The van der Waals surface area contributed by atoms with Gasteiger partial charge in [0, 0.05) is 45.7 Å². The fourth-order valence-electron chi connectivity index (χ4n) is 2.34. The monoisotopic (exact) mass is 472 g/mol. The summed E-state index contributed by atoms with van der Waals surface area (Å²) in [5, 5.41) is 6.60. The molecule has 0 unspecified atom stereocenters. The number of methoxy groups -OCH3 is 1. The highest BCUT2D eigenvalue weighted by molar-refractivity contribution is 14.0. The van der Waals surface area contributed by atoms with Crippen molar-refractivity contribution in [2.24, 2.45) is 4.99 Å². The average Bonchev–Trinajstić information content (AvgIpc) is 3.17. The summed E-state index contributed by atoms with van der Waals surface area (Å²) in [6, 6.07) is 12.0. The van der Waals surface area contributed by atoms with Crippen LogP contribution in [0.1, 0.15) is 12.0 Å². The van der Waals surface area contributed by atoms with E-state index in [2.05, 4.69) is 32.6 Å². The molecule has 0 atom stereocenters. The van der Waals surface area contributed by atoms with Gasteiger partial charge in [-0.05, 0) is 36.2 Å². The normalized spacial score (nSPS) is 10.9. The van der Waals surface area contributed by atoms with Gasteiger partial charge in [0.2, 0.25) is 0 Å². The minimum atomic E-state index is 0. The van der Waals surface area contributed by atoms with Gasteiger partial charge >= 0.3 is 0 Å². The van der Waals surface area contributed by atoms with Gasteiger partial charge < -0.3 is 24.7 Å². The SMILES string of the molecule is CN=C(NCCCOCc1ccc(OC)cc1)NCCn1cccc1.I. The lowest BCUT2D eigenvalue weighted by molar-refractivity contribution is 0.119. The van der Waals surface area contributed by atoms with E-state index in [9.17, 15) is 0 Å². The summed E-state index contributed by atoms with van der Waals surface area (Å²) >= 11 is 0. The molecular weight excluding hydrogens is 443 g/mol. The van der Waals surface area contributed by atoms with Gasteiger partial charge in [-0.2, -0.15) is 0 Å². The second kappa shape index (κ2) is 13.5. The van der Waals surface area contributed by atoms with E-state index >= 15 is 0 Å². The molecule has 1 aromatic heterocycles. The van der Waals surface area contributed by atoms with Gasteiger partial charge in [-0.3, -0.25) is 4.99 Å². The van der Waals surface area contributed by atoms with Crippen LogP contribution >= 0.6 is 24.0 Å². The molecule has 0 saturated carbocycles. The van der Waals surface area contributed by atoms with Crippen LogP contribution in [0.3, 0.4) is 0 Å². The summed E-state index contributed by atoms with van der Waals surface area (Å²) < 4.78 is 13.0. The number of aliphatic imine (C=N–C) groups is 1. The number of hydrogen-bond donors (Lipinski definition) is 2. The van der Waals surface area contributed by atoms with E-state index in [-0.39, 0.29) is 24.0 Å². The van der Waals surface area contributed by atoms with Crippen molar-refractivity contribution in [2.75, 3.05) is 33.9 Å². The number of rotatable bonds is 10. The van der Waals surface area contributed by atoms with Crippen molar-refractivity contribution in [3.63, 3.8) is 0 Å². The Morgan fingerprint density at radius 3 is 2.42 bits per heavy atom. The van der Waals surface area contributed by atoms with E-state index in [1.54, 1.807) is 14.2 Å². The molecule has 0 spiro atoms. The van der Waals surface area contributed by atoms with E-state index in [1.807, 2.05) is 36.4 Å². The summed E-state index contributed by atoms with van der Waals surface area (Å²) in [6.07, 6.45) is 5.03. The fourth-order valence-corrected chi connectivity index (χ4v) is 2.34. The van der Waals surface area contributed by atoms with Crippen molar-refractivity contribution < 1.29 is 9.47 Å². The van der Waals surface area contributed by atoms with Crippen LogP contribution < -0.4 is 15.4 Å². The lowest BCUT2D eigenvalue weighted by Crippen LogP contribution is -2.39. The first-order chi connectivity index (χ1) is 12.3. The lowest BCUT2D eigenvalue weighted by atomic mass is 10.2. The number of nitrogens with one attached hydrogen (secondary N) is 2. The Morgan fingerprint density at radius 1 is 1.08 bits per heavy atom. The lowest BCUT2D eigenvalue weighted by Gasteiger charge is -2.12. The zero-order valence-electron chi connectivity index (χ0n) is 15.5. The Balaban J connectivity index is 0.00000338. The predicted molar refractivity (Wildman–Crippen MR) is 116 cm³/mol. The molecule has 2 rings (SSSR count). The van der Waals surface area contributed by atoms with Gasteiger partial charge in [0.15, 0.2) is 5.96 Å². The molecule has 7 heteroatoms. The minimum Gasteiger partial charge on any atom is -0.497 e. The van der Waals surface area contributed by atoms with Crippen LogP contribution in [-0.4, -0.2) is 44.4 Å². The summed E-state index contributed by atoms with van der Waals surface area (Å²) in [7, 11) is 3.45. The molecule has 0 aliphatic heterocycles. The third-order valence-corrected chi connectivity index (χ3v) is 3.74. The van der Waals surface area contributed by atoms with Crippen LogP contribution in [0.2, 0.25) is 0 Å². The zero-order valence-corrected chi connectivity index (χ0v) is 17.8. The van der Waals surface area contributed by atoms with Gasteiger partial charge in [0.05, 0.1) is 13.7 Å². The van der Waals surface area contributed by atoms with E-state index in [1.165, 1.54) is 0 Å². The number of halogens is 1. The number of hydrogen-bond acceptors (Lipinski definition) is 3. The summed E-state index contributed by atoms with van der Waals surface area (Å²) in [5.74, 6) is 1.69. The van der Waals surface area contributed by atoms with Crippen molar-refractivity contribution in [3.8, 4) is 5.75 Å². The Kier molecular flexibility index (Phi) is 11.5. The fraction of sp³-hybridized carbons (Fsp3) is 0.421. The third kappa shape index (κ3) is 8.57. The maximum Gasteiger partial charge on any atom is 0.191 e. The van der Waals surface area contributed by atoms with Crippen LogP contribution in [0.15, 0.2) is 53.8 Å². The molecule has 6 nitrogen and oxygen atoms in total. The first kappa shape index (κ1) is 22.3. The number of nitrogens with zero attached hydrogens (tertiary/aromatic N) is 2. The van der Waals surface area contributed by atoms with Crippen molar-refractivity contribution in [1.82, 2.24) is 15.2 Å². The predicted octanol–water partition coefficient (Wildman–Crippen LogP) is 2.89. The number of aromatic nitrogens is 1. The minimum absolute atomic E-state index is 0. The quantitative estimate of drug-likeness (QED) is 0.242. The maximum absolute atomic E-state index is 5.69. The van der Waals surface area contributed by atoms with Crippen LogP contribution in [-0.2, 0) is 17.9 Å². The molecule has 26 heavy (non-hydrogen) atoms. The molecule has 0 fully saturated rings. The highest BCUT2D eigenvalue weighted by Crippen LogP contribution is 2.11. The topological polar surface area (TPSA) is 59.8 Å². The van der Waals surface area contributed by atoms with E-state index in [0.717, 1.165) is 43.3 Å². The number of ether oxygens (including phenoxy) is 2. The summed E-state index contributed by atoms with van der Waals surface area (Å²) in [6.45, 7) is 3.90. The second-order valence-corrected chi connectivity index (χ2v) is 5.60. The van der Waals surface area contributed by atoms with Gasteiger partial charge in [-0.15, -0.1) is 24.0 Å². The summed E-state index contributed by atoms with van der Waals surface area (Å²) in [5.41, 5.74) is 1.15. The molecule has 2 N–H and O–H groups in total.